The van der Waals surface area contributed by atoms with Crippen molar-refractivity contribution >= 4 is 6.29 Å². The molecule has 0 spiro atoms. The maximum atomic E-state index is 12.9. The van der Waals surface area contributed by atoms with Gasteiger partial charge >= 0.3 is 6.18 Å². The molecular formula is C15H19F3O3. The normalized spacial score (nSPS) is 11.7. The molecule has 0 unspecified atom stereocenters. The lowest BCUT2D eigenvalue weighted by Crippen LogP contribution is -2.13. The summed E-state index contributed by atoms with van der Waals surface area (Å²) in [5.74, 6) is 0.221. The fourth-order valence-corrected chi connectivity index (χ4v) is 1.60. The molecule has 21 heavy (non-hydrogen) atoms. The van der Waals surface area contributed by atoms with Crippen molar-refractivity contribution in [3.8, 4) is 5.75 Å². The molecule has 0 N–H and O–H groups in total. The molecule has 0 saturated carbocycles. The van der Waals surface area contributed by atoms with Gasteiger partial charge in [0, 0.05) is 12.2 Å². The highest BCUT2D eigenvalue weighted by molar-refractivity contribution is 5.75. The summed E-state index contributed by atoms with van der Waals surface area (Å²) in [4.78, 5) is 10.6. The van der Waals surface area contributed by atoms with E-state index < -0.39 is 11.7 Å². The van der Waals surface area contributed by atoms with Crippen LogP contribution in [0.5, 0.6) is 5.75 Å². The van der Waals surface area contributed by atoms with E-state index in [-0.39, 0.29) is 24.5 Å². The summed E-state index contributed by atoms with van der Waals surface area (Å²) in [6.45, 7) is 4.92. The van der Waals surface area contributed by atoms with Gasteiger partial charge in [0.2, 0.25) is 0 Å². The lowest BCUT2D eigenvalue weighted by atomic mass is 10.1. The van der Waals surface area contributed by atoms with Crippen molar-refractivity contribution < 1.29 is 27.4 Å². The molecule has 0 bridgehead atoms. The quantitative estimate of drug-likeness (QED) is 0.538. The Hall–Kier alpha value is -1.56. The minimum absolute atomic E-state index is 0.0294. The standard InChI is InChI=1S/C15H19F3O3/c1-11(2)5-6-20-7-8-21-14-4-3-12(10-19)9-13(14)15(16,17)18/h3-4,9-11H,5-8H2,1-2H3. The van der Waals surface area contributed by atoms with Crippen molar-refractivity contribution in [1.82, 2.24) is 0 Å². The van der Waals surface area contributed by atoms with Gasteiger partial charge in [-0.1, -0.05) is 13.8 Å². The highest BCUT2D eigenvalue weighted by Crippen LogP contribution is 2.36. The van der Waals surface area contributed by atoms with Crippen LogP contribution in [0, 0.1) is 5.92 Å². The first-order chi connectivity index (χ1) is 9.84. The zero-order valence-electron chi connectivity index (χ0n) is 12.1. The Kier molecular flexibility index (Phi) is 6.68. The van der Waals surface area contributed by atoms with Crippen LogP contribution in [0.1, 0.15) is 36.2 Å². The molecule has 0 amide bonds. The number of ether oxygens (including phenoxy) is 2. The molecule has 0 saturated heterocycles. The van der Waals surface area contributed by atoms with E-state index in [0.717, 1.165) is 18.6 Å². The van der Waals surface area contributed by atoms with Crippen LogP contribution in [0.2, 0.25) is 0 Å². The monoisotopic (exact) mass is 304 g/mol. The van der Waals surface area contributed by atoms with Gasteiger partial charge in [0.25, 0.3) is 0 Å². The molecule has 6 heteroatoms. The molecule has 1 aromatic rings. The Morgan fingerprint density at radius 2 is 1.90 bits per heavy atom. The molecule has 0 aliphatic carbocycles. The second-order valence-corrected chi connectivity index (χ2v) is 5.01. The third-order valence-electron chi connectivity index (χ3n) is 2.77. The number of aldehydes is 1. The van der Waals surface area contributed by atoms with Gasteiger partial charge in [0.05, 0.1) is 12.2 Å². The van der Waals surface area contributed by atoms with Gasteiger partial charge in [-0.25, -0.2) is 0 Å². The third-order valence-corrected chi connectivity index (χ3v) is 2.77. The van der Waals surface area contributed by atoms with E-state index in [0.29, 0.717) is 18.8 Å². The van der Waals surface area contributed by atoms with E-state index in [2.05, 4.69) is 13.8 Å². The van der Waals surface area contributed by atoms with Crippen molar-refractivity contribution in [3.05, 3.63) is 29.3 Å². The molecule has 0 heterocycles. The molecule has 3 nitrogen and oxygen atoms in total. The second-order valence-electron chi connectivity index (χ2n) is 5.01. The first-order valence-corrected chi connectivity index (χ1v) is 6.71. The number of rotatable bonds is 8. The molecule has 1 aromatic carbocycles. The predicted molar refractivity (Wildman–Crippen MR) is 72.6 cm³/mol. The summed E-state index contributed by atoms with van der Waals surface area (Å²) in [5.41, 5.74) is -0.989. The first kappa shape index (κ1) is 17.5. The smallest absolute Gasteiger partial charge is 0.419 e. The summed E-state index contributed by atoms with van der Waals surface area (Å²) in [5, 5.41) is 0. The number of carbonyl (C=O) groups is 1. The fourth-order valence-electron chi connectivity index (χ4n) is 1.60. The van der Waals surface area contributed by atoms with E-state index in [4.69, 9.17) is 9.47 Å². The van der Waals surface area contributed by atoms with Crippen molar-refractivity contribution in [3.63, 3.8) is 0 Å². The molecule has 1 rings (SSSR count). The second kappa shape index (κ2) is 8.02. The highest BCUT2D eigenvalue weighted by Gasteiger charge is 2.34. The molecule has 0 radical (unpaired) electrons. The van der Waals surface area contributed by atoms with Crippen LogP contribution < -0.4 is 4.74 Å². The lowest BCUT2D eigenvalue weighted by molar-refractivity contribution is -0.139. The predicted octanol–water partition coefficient (Wildman–Crippen LogP) is 3.96. The van der Waals surface area contributed by atoms with Crippen molar-refractivity contribution in [2.45, 2.75) is 26.4 Å². The molecule has 0 fully saturated rings. The fraction of sp³-hybridized carbons (Fsp3) is 0.533. The zero-order chi connectivity index (χ0) is 15.9. The van der Waals surface area contributed by atoms with Crippen molar-refractivity contribution in [1.29, 1.82) is 0 Å². The van der Waals surface area contributed by atoms with Gasteiger partial charge in [-0.3, -0.25) is 4.79 Å². The number of alkyl halides is 3. The lowest BCUT2D eigenvalue weighted by Gasteiger charge is -2.14. The van der Waals surface area contributed by atoms with Crippen LogP contribution in [-0.2, 0) is 10.9 Å². The van der Waals surface area contributed by atoms with E-state index in [1.165, 1.54) is 6.07 Å². The summed E-state index contributed by atoms with van der Waals surface area (Å²) in [7, 11) is 0. The van der Waals surface area contributed by atoms with Crippen LogP contribution in [0.15, 0.2) is 18.2 Å². The Morgan fingerprint density at radius 1 is 1.19 bits per heavy atom. The molecule has 0 aromatic heterocycles. The van der Waals surface area contributed by atoms with Crippen molar-refractivity contribution in [2.75, 3.05) is 19.8 Å². The number of hydrogen-bond donors (Lipinski definition) is 0. The molecule has 0 aliphatic heterocycles. The van der Waals surface area contributed by atoms with Crippen LogP contribution in [-0.4, -0.2) is 26.1 Å². The highest BCUT2D eigenvalue weighted by atomic mass is 19.4. The largest absolute Gasteiger partial charge is 0.491 e. The molecule has 118 valence electrons. The van der Waals surface area contributed by atoms with Crippen LogP contribution >= 0.6 is 0 Å². The van der Waals surface area contributed by atoms with Gasteiger partial charge in [0.15, 0.2) is 0 Å². The van der Waals surface area contributed by atoms with Gasteiger partial charge in [-0.15, -0.1) is 0 Å². The number of carbonyl (C=O) groups excluding carboxylic acids is 1. The molecule has 0 aliphatic rings. The number of hydrogen-bond acceptors (Lipinski definition) is 3. The average Bonchev–Trinajstić information content (AvgIpc) is 2.41. The van der Waals surface area contributed by atoms with Gasteiger partial charge in [-0.2, -0.15) is 13.2 Å². The Balaban J connectivity index is 2.56. The van der Waals surface area contributed by atoms with E-state index in [1.54, 1.807) is 0 Å². The topological polar surface area (TPSA) is 35.5 Å². The Bertz CT molecular complexity index is 456. The summed E-state index contributed by atoms with van der Waals surface area (Å²) in [6.07, 6.45) is -3.30. The Labute approximate surface area is 122 Å². The van der Waals surface area contributed by atoms with E-state index in [1.807, 2.05) is 0 Å². The maximum Gasteiger partial charge on any atom is 0.419 e. The van der Waals surface area contributed by atoms with E-state index in [9.17, 15) is 18.0 Å². The summed E-state index contributed by atoms with van der Waals surface area (Å²) >= 11 is 0. The van der Waals surface area contributed by atoms with Crippen LogP contribution in [0.25, 0.3) is 0 Å². The SMILES string of the molecule is CC(C)CCOCCOc1ccc(C=O)cc1C(F)(F)F. The number of benzene rings is 1. The maximum absolute atomic E-state index is 12.9. The first-order valence-electron chi connectivity index (χ1n) is 6.71. The Morgan fingerprint density at radius 3 is 2.48 bits per heavy atom. The van der Waals surface area contributed by atoms with Gasteiger partial charge in [0.1, 0.15) is 18.6 Å². The van der Waals surface area contributed by atoms with E-state index >= 15 is 0 Å². The number of halogens is 3. The molecule has 0 atom stereocenters. The average molecular weight is 304 g/mol. The zero-order valence-corrected chi connectivity index (χ0v) is 12.1. The molecular weight excluding hydrogens is 285 g/mol. The summed E-state index contributed by atoms with van der Waals surface area (Å²) < 4.78 is 49.0. The van der Waals surface area contributed by atoms with Gasteiger partial charge in [-0.05, 0) is 30.5 Å². The minimum atomic E-state index is -4.56. The van der Waals surface area contributed by atoms with Crippen LogP contribution in [0.3, 0.4) is 0 Å². The van der Waals surface area contributed by atoms with Crippen molar-refractivity contribution in [2.24, 2.45) is 5.92 Å². The third kappa shape index (κ3) is 6.16. The summed E-state index contributed by atoms with van der Waals surface area (Å²) in [6, 6.07) is 3.22. The van der Waals surface area contributed by atoms with Crippen LogP contribution in [0.4, 0.5) is 13.2 Å². The van der Waals surface area contributed by atoms with Gasteiger partial charge < -0.3 is 9.47 Å². The minimum Gasteiger partial charge on any atom is -0.491 e.